The van der Waals surface area contributed by atoms with Crippen LogP contribution < -0.4 is 5.32 Å². The minimum atomic E-state index is -0.325. The van der Waals surface area contributed by atoms with Crippen LogP contribution in [0.3, 0.4) is 0 Å². The number of hydrogen-bond donors (Lipinski definition) is 1. The maximum atomic E-state index is 11.9. The van der Waals surface area contributed by atoms with E-state index in [2.05, 4.69) is 10.3 Å². The van der Waals surface area contributed by atoms with Crippen LogP contribution in [0.5, 0.6) is 0 Å². The number of aliphatic imine (C=N–C) groups is 1. The fourth-order valence-corrected chi connectivity index (χ4v) is 2.09. The summed E-state index contributed by atoms with van der Waals surface area (Å²) >= 11 is 0. The molecule has 2 amide bonds. The van der Waals surface area contributed by atoms with Gasteiger partial charge in [-0.3, -0.25) is 9.59 Å². The van der Waals surface area contributed by atoms with Crippen molar-refractivity contribution in [1.82, 2.24) is 5.32 Å². The van der Waals surface area contributed by atoms with Gasteiger partial charge in [-0.2, -0.15) is 0 Å². The van der Waals surface area contributed by atoms with E-state index in [0.29, 0.717) is 12.1 Å². The number of carbonyl (C=O) groups is 2. The summed E-state index contributed by atoms with van der Waals surface area (Å²) in [4.78, 5) is 26.8. The summed E-state index contributed by atoms with van der Waals surface area (Å²) in [7, 11) is 0. The molecule has 0 radical (unpaired) electrons. The number of rotatable bonds is 3. The van der Waals surface area contributed by atoms with Crippen LogP contribution in [0, 0.1) is 5.92 Å². The van der Waals surface area contributed by atoms with Gasteiger partial charge in [-0.1, -0.05) is 42.5 Å². The Kier molecular flexibility index (Phi) is 3.60. The summed E-state index contributed by atoms with van der Waals surface area (Å²) in [5.74, 6) is -0.669. The average molecular weight is 278 g/mol. The summed E-state index contributed by atoms with van der Waals surface area (Å²) in [6.45, 7) is 0.558. The smallest absolute Gasteiger partial charge is 0.276 e. The molecule has 0 aliphatic carbocycles. The van der Waals surface area contributed by atoms with E-state index in [-0.39, 0.29) is 17.7 Å². The first-order valence-electron chi connectivity index (χ1n) is 6.76. The molecule has 1 N–H and O–H groups in total. The largest absolute Gasteiger partial charge is 0.354 e. The van der Waals surface area contributed by atoms with Crippen LogP contribution in [0.1, 0.15) is 10.4 Å². The van der Waals surface area contributed by atoms with Crippen LogP contribution in [0.4, 0.5) is 0 Å². The topological polar surface area (TPSA) is 58.5 Å². The minimum Gasteiger partial charge on any atom is -0.354 e. The van der Waals surface area contributed by atoms with Crippen molar-refractivity contribution in [3.63, 3.8) is 0 Å². The number of nitrogens with one attached hydrogen (secondary N) is 1. The highest BCUT2D eigenvalue weighted by Gasteiger charge is 2.25. The van der Waals surface area contributed by atoms with Crippen LogP contribution >= 0.6 is 0 Å². The van der Waals surface area contributed by atoms with E-state index in [0.717, 1.165) is 11.1 Å². The molecule has 0 bridgehead atoms. The molecule has 4 heteroatoms. The zero-order valence-electron chi connectivity index (χ0n) is 11.3. The SMILES string of the molecule is O=C(N=CC1CNC1=O)c1ccc(-c2ccccc2)cc1. The van der Waals surface area contributed by atoms with Crippen LogP contribution in [0.15, 0.2) is 59.6 Å². The van der Waals surface area contributed by atoms with Gasteiger partial charge in [0.25, 0.3) is 5.91 Å². The molecule has 1 saturated heterocycles. The van der Waals surface area contributed by atoms with Gasteiger partial charge in [0.2, 0.25) is 5.91 Å². The van der Waals surface area contributed by atoms with Crippen LogP contribution in [-0.4, -0.2) is 24.6 Å². The zero-order chi connectivity index (χ0) is 14.7. The summed E-state index contributed by atoms with van der Waals surface area (Å²) in [6, 6.07) is 17.2. The molecule has 0 saturated carbocycles. The predicted molar refractivity (Wildman–Crippen MR) is 81.2 cm³/mol. The monoisotopic (exact) mass is 278 g/mol. The third kappa shape index (κ3) is 2.89. The summed E-state index contributed by atoms with van der Waals surface area (Å²) in [5.41, 5.74) is 2.67. The first kappa shape index (κ1) is 13.2. The lowest BCUT2D eigenvalue weighted by molar-refractivity contribution is -0.128. The molecule has 0 spiro atoms. The molecule has 3 rings (SSSR count). The quantitative estimate of drug-likeness (QED) is 0.692. The van der Waals surface area contributed by atoms with Gasteiger partial charge in [0.15, 0.2) is 0 Å². The lowest BCUT2D eigenvalue weighted by atomic mass is 10.0. The van der Waals surface area contributed by atoms with Crippen molar-refractivity contribution < 1.29 is 9.59 Å². The van der Waals surface area contributed by atoms with E-state index in [4.69, 9.17) is 0 Å². The average Bonchev–Trinajstić information content (AvgIpc) is 2.54. The fraction of sp³-hybridized carbons (Fsp3) is 0.118. The highest BCUT2D eigenvalue weighted by molar-refractivity contribution is 6.05. The number of benzene rings is 2. The van der Waals surface area contributed by atoms with Crippen molar-refractivity contribution in [3.8, 4) is 11.1 Å². The second-order valence-corrected chi connectivity index (χ2v) is 4.88. The first-order valence-corrected chi connectivity index (χ1v) is 6.76. The van der Waals surface area contributed by atoms with Gasteiger partial charge < -0.3 is 5.32 Å². The number of nitrogens with zero attached hydrogens (tertiary/aromatic N) is 1. The van der Waals surface area contributed by atoms with Gasteiger partial charge in [0.1, 0.15) is 0 Å². The highest BCUT2D eigenvalue weighted by Crippen LogP contribution is 2.19. The van der Waals surface area contributed by atoms with Crippen molar-refractivity contribution >= 4 is 18.0 Å². The second-order valence-electron chi connectivity index (χ2n) is 4.88. The predicted octanol–water partition coefficient (Wildman–Crippen LogP) is 2.31. The van der Waals surface area contributed by atoms with Gasteiger partial charge >= 0.3 is 0 Å². The molecule has 1 unspecified atom stereocenters. The van der Waals surface area contributed by atoms with Crippen molar-refractivity contribution in [3.05, 3.63) is 60.2 Å². The second kappa shape index (κ2) is 5.71. The van der Waals surface area contributed by atoms with E-state index in [1.807, 2.05) is 42.5 Å². The summed E-state index contributed by atoms with van der Waals surface area (Å²) < 4.78 is 0. The van der Waals surface area contributed by atoms with Crippen molar-refractivity contribution in [1.29, 1.82) is 0 Å². The van der Waals surface area contributed by atoms with Crippen molar-refractivity contribution in [2.75, 3.05) is 6.54 Å². The van der Waals surface area contributed by atoms with Crippen LogP contribution in [0.2, 0.25) is 0 Å². The zero-order valence-corrected chi connectivity index (χ0v) is 11.3. The molecule has 1 aliphatic heterocycles. The third-order valence-corrected chi connectivity index (χ3v) is 3.44. The van der Waals surface area contributed by atoms with Gasteiger partial charge in [-0.15, -0.1) is 0 Å². The number of β-lactam (4-membered cyclic amide) rings is 1. The molecule has 1 atom stereocenters. The van der Waals surface area contributed by atoms with Gasteiger partial charge in [-0.05, 0) is 23.3 Å². The lowest BCUT2D eigenvalue weighted by Crippen LogP contribution is -2.49. The Morgan fingerprint density at radius 1 is 1.05 bits per heavy atom. The van der Waals surface area contributed by atoms with E-state index in [1.54, 1.807) is 12.1 Å². The highest BCUT2D eigenvalue weighted by atomic mass is 16.2. The summed E-state index contributed by atoms with van der Waals surface area (Å²) in [6.07, 6.45) is 1.42. The van der Waals surface area contributed by atoms with Gasteiger partial charge in [0.05, 0.1) is 5.92 Å². The number of carbonyl (C=O) groups excluding carboxylic acids is 2. The molecule has 0 aromatic heterocycles. The Morgan fingerprint density at radius 2 is 1.71 bits per heavy atom. The number of amides is 2. The molecular weight excluding hydrogens is 264 g/mol. The maximum Gasteiger partial charge on any atom is 0.276 e. The molecule has 104 valence electrons. The Hall–Kier alpha value is -2.75. The maximum absolute atomic E-state index is 11.9. The third-order valence-electron chi connectivity index (χ3n) is 3.44. The van der Waals surface area contributed by atoms with E-state index in [1.165, 1.54) is 6.21 Å². The van der Waals surface area contributed by atoms with Crippen LogP contribution in [0.25, 0.3) is 11.1 Å². The van der Waals surface area contributed by atoms with Crippen LogP contribution in [-0.2, 0) is 4.79 Å². The first-order chi connectivity index (χ1) is 10.2. The molecule has 21 heavy (non-hydrogen) atoms. The Labute approximate surface area is 122 Å². The normalized spacial score (nSPS) is 17.3. The van der Waals surface area contributed by atoms with Crippen molar-refractivity contribution in [2.45, 2.75) is 0 Å². The standard InChI is InChI=1S/C17H14N2O2/c20-16(18-10-15-11-19-17(15)21)14-8-6-13(7-9-14)12-4-2-1-3-5-12/h1-10,15H,11H2,(H,19,21). The fourth-order valence-electron chi connectivity index (χ4n) is 2.09. The van der Waals surface area contributed by atoms with Crippen molar-refractivity contribution in [2.24, 2.45) is 10.9 Å². The Bertz CT molecular complexity index is 690. The van der Waals surface area contributed by atoms with E-state index >= 15 is 0 Å². The molecule has 4 nitrogen and oxygen atoms in total. The molecule has 2 aromatic rings. The molecule has 1 heterocycles. The Morgan fingerprint density at radius 3 is 2.29 bits per heavy atom. The molecule has 2 aromatic carbocycles. The molecule has 1 fully saturated rings. The van der Waals surface area contributed by atoms with Gasteiger partial charge in [0, 0.05) is 18.3 Å². The van der Waals surface area contributed by atoms with E-state index in [9.17, 15) is 9.59 Å². The molecular formula is C17H14N2O2. The Balaban J connectivity index is 1.72. The van der Waals surface area contributed by atoms with Gasteiger partial charge in [-0.25, -0.2) is 4.99 Å². The lowest BCUT2D eigenvalue weighted by Gasteiger charge is -2.21. The van der Waals surface area contributed by atoms with E-state index < -0.39 is 0 Å². The summed E-state index contributed by atoms with van der Waals surface area (Å²) in [5, 5.41) is 2.61. The number of hydrogen-bond acceptors (Lipinski definition) is 2. The molecule has 1 aliphatic rings. The minimum absolute atomic E-state index is 0.0778.